The summed E-state index contributed by atoms with van der Waals surface area (Å²) in [4.78, 5) is 0. The summed E-state index contributed by atoms with van der Waals surface area (Å²) in [5, 5.41) is 5.49. The van der Waals surface area contributed by atoms with Crippen LogP contribution in [0.3, 0.4) is 0 Å². The third-order valence-corrected chi connectivity index (χ3v) is 11.3. The Kier molecular flexibility index (Phi) is 21.1. The molecule has 0 aromatic heterocycles. The Labute approximate surface area is 398 Å². The molecule has 0 spiro atoms. The Morgan fingerprint density at radius 2 is 0.667 bits per heavy atom. The van der Waals surface area contributed by atoms with E-state index in [0.29, 0.717) is 11.8 Å². The predicted molar refractivity (Wildman–Crippen MR) is 275 cm³/mol. The molecule has 0 atom stereocenters. The maximum atomic E-state index is 3.06. The van der Waals surface area contributed by atoms with Gasteiger partial charge in [0.25, 0.3) is 0 Å². The van der Waals surface area contributed by atoms with E-state index in [-0.39, 0.29) is 61.3 Å². The molecule has 0 N–H and O–H groups in total. The number of halogens is 2. The number of hydrogen-bond donors (Lipinski definition) is 0. The Morgan fingerprint density at radius 1 is 0.417 bits per heavy atom. The van der Waals surface area contributed by atoms with Crippen molar-refractivity contribution in [3.05, 3.63) is 144 Å². The zero-order chi connectivity index (χ0) is 42.3. The Balaban J connectivity index is 0.00000105. The first-order valence-electron chi connectivity index (χ1n) is 20.7. The van der Waals surface area contributed by atoms with Crippen molar-refractivity contribution < 1.29 is 23.3 Å². The number of aryl methyl sites for hydroxylation is 2. The van der Waals surface area contributed by atoms with Crippen LogP contribution in [0.1, 0.15) is 167 Å². The van der Waals surface area contributed by atoms with E-state index in [9.17, 15) is 0 Å². The van der Waals surface area contributed by atoms with E-state index in [0.717, 1.165) is 0 Å². The zero-order valence-corrected chi connectivity index (χ0v) is 46.1. The molecule has 0 aliphatic rings. The fourth-order valence-electron chi connectivity index (χ4n) is 7.43. The quantitative estimate of drug-likeness (QED) is 0.122. The zero-order valence-electron chi connectivity index (χ0n) is 41.1. The second kappa shape index (κ2) is 21.9. The molecule has 0 unspecified atom stereocenters. The van der Waals surface area contributed by atoms with Crippen LogP contribution in [0.5, 0.6) is 0 Å². The summed E-state index contributed by atoms with van der Waals surface area (Å²) in [6, 6.07) is 33.4. The van der Waals surface area contributed by atoms with Gasteiger partial charge in [-0.15, -0.1) is 81.8 Å². The first-order chi connectivity index (χ1) is 25.7. The van der Waals surface area contributed by atoms with Crippen LogP contribution in [0.2, 0.25) is 0 Å². The first kappa shape index (κ1) is 57.8. The molecule has 0 saturated heterocycles. The van der Waals surface area contributed by atoms with Gasteiger partial charge in [-0.1, -0.05) is 195 Å². The summed E-state index contributed by atoms with van der Waals surface area (Å²) in [6.07, 6.45) is 0. The van der Waals surface area contributed by atoms with Gasteiger partial charge in [0, 0.05) is 0 Å². The average Bonchev–Trinajstić information content (AvgIpc) is 3.67. The molecule has 4 heteroatoms. The monoisotopic (exact) mass is 938 g/mol. The molecule has 60 heavy (non-hydrogen) atoms. The first-order valence-corrected chi connectivity index (χ1v) is 24.9. The van der Waals surface area contributed by atoms with Gasteiger partial charge in [0.1, 0.15) is 0 Å². The number of hydrogen-bond acceptors (Lipinski definition) is 0. The number of rotatable bonds is 4. The van der Waals surface area contributed by atoms with Crippen molar-refractivity contribution in [2.75, 3.05) is 0 Å². The van der Waals surface area contributed by atoms with E-state index in [2.05, 4.69) is 216 Å². The van der Waals surface area contributed by atoms with E-state index in [1.54, 1.807) is 0 Å². The van der Waals surface area contributed by atoms with Crippen molar-refractivity contribution in [2.24, 2.45) is 0 Å². The molecule has 0 aliphatic heterocycles. The van der Waals surface area contributed by atoms with Crippen LogP contribution in [-0.4, -0.2) is 6.88 Å². The minimum atomic E-state index is 0. The summed E-state index contributed by atoms with van der Waals surface area (Å²) in [6.45, 7) is 44.3. The van der Waals surface area contributed by atoms with E-state index in [1.165, 1.54) is 112 Å². The van der Waals surface area contributed by atoms with Crippen molar-refractivity contribution in [1.82, 2.24) is 0 Å². The molecular weight excluding hydrogens is 863 g/mol. The molecule has 0 nitrogen and oxygen atoms in total. The summed E-state index contributed by atoms with van der Waals surface area (Å²) in [5.41, 5.74) is 17.2. The minimum absolute atomic E-state index is 0. The van der Waals surface area contributed by atoms with Gasteiger partial charge in [-0.3, -0.25) is 0 Å². The van der Waals surface area contributed by atoms with Crippen LogP contribution in [0.4, 0.5) is 0 Å². The maximum absolute atomic E-state index is 3.06. The summed E-state index contributed by atoms with van der Waals surface area (Å²) in [5.74, 6) is 1.05. The predicted octanol–water partition coefficient (Wildman–Crippen LogP) is 17.9. The fourth-order valence-corrected chi connectivity index (χ4v) is 7.43. The van der Waals surface area contributed by atoms with Crippen LogP contribution in [0.25, 0.3) is 43.8 Å². The van der Waals surface area contributed by atoms with Crippen LogP contribution in [0.15, 0.2) is 84.9 Å². The standard InChI is InChI=1S/2C27H35.2CH3.2ClH.Si.Zr/c2*1-17(2)19-12-20-10-18(3)11-24(20)25(15-19)21-13-22(26(4,5)6)16-23(14-21)27(7,8)9;;;;;;/h2*10-17H,1-9H3;2*1H3;2*1H;;/q4*-1;;;;. The van der Waals surface area contributed by atoms with Crippen LogP contribution < -0.4 is 0 Å². The van der Waals surface area contributed by atoms with Crippen LogP contribution in [-0.2, 0) is 45.0 Å². The summed E-state index contributed by atoms with van der Waals surface area (Å²) >= 11 is 1.36. The van der Waals surface area contributed by atoms with Gasteiger partial charge in [0.05, 0.1) is 0 Å². The van der Waals surface area contributed by atoms with E-state index in [4.69, 9.17) is 0 Å². The summed E-state index contributed by atoms with van der Waals surface area (Å²) in [7, 11) is 0. The van der Waals surface area contributed by atoms with E-state index < -0.39 is 0 Å². The molecule has 0 fully saturated rings. The molecule has 0 amide bonds. The van der Waals surface area contributed by atoms with Gasteiger partial charge in [-0.2, -0.15) is 12.1 Å². The normalized spacial score (nSPS) is 11.7. The van der Waals surface area contributed by atoms with E-state index in [1.807, 2.05) is 0 Å². The van der Waals surface area contributed by atoms with Crippen molar-refractivity contribution in [1.29, 1.82) is 0 Å². The van der Waals surface area contributed by atoms with Crippen molar-refractivity contribution in [3.8, 4) is 22.3 Å². The molecule has 0 aliphatic carbocycles. The van der Waals surface area contributed by atoms with Gasteiger partial charge in [-0.05, 0) is 66.9 Å². The molecule has 6 aromatic rings. The second-order valence-corrected chi connectivity index (χ2v) is 21.1. The molecule has 6 rings (SSSR count). The fraction of sp³-hybridized carbons (Fsp3) is 0.429. The Hall–Kier alpha value is -2.22. The molecule has 2 radical (unpaired) electrons. The molecule has 0 saturated carbocycles. The SMILES string of the molecule is Cc1cc2c(-c3cc(C(C)(C)C)cc(C(C)(C)C)c3)cc(C(C)C)cc2[cH-]1.Cc1cc2c(-c3cc(C(C)(C)C)cc(C(C)(C)C)c3)cc(C(C)C)cc2[cH-]1.Cl.Cl.[CH3-].[CH3-].[Si]=[Zr]. The van der Waals surface area contributed by atoms with Gasteiger partial charge >= 0.3 is 30.2 Å². The summed E-state index contributed by atoms with van der Waals surface area (Å²) < 4.78 is 0. The molecule has 328 valence electrons. The third kappa shape index (κ3) is 13.9. The average molecular weight is 941 g/mol. The third-order valence-electron chi connectivity index (χ3n) is 11.3. The van der Waals surface area contributed by atoms with Crippen LogP contribution in [0, 0.1) is 28.7 Å². The Morgan fingerprint density at radius 3 is 0.883 bits per heavy atom. The van der Waals surface area contributed by atoms with Crippen LogP contribution >= 0.6 is 24.8 Å². The van der Waals surface area contributed by atoms with Crippen molar-refractivity contribution >= 4 is 53.2 Å². The van der Waals surface area contributed by atoms with Gasteiger partial charge < -0.3 is 14.9 Å². The molecule has 0 bridgehead atoms. The van der Waals surface area contributed by atoms with Crippen molar-refractivity contribution in [2.45, 2.75) is 158 Å². The topological polar surface area (TPSA) is 0 Å². The number of benzene rings is 4. The van der Waals surface area contributed by atoms with Gasteiger partial charge in [-0.25, -0.2) is 0 Å². The molecule has 0 heterocycles. The number of fused-ring (bicyclic) bond motifs is 2. The van der Waals surface area contributed by atoms with Gasteiger partial charge in [0.2, 0.25) is 0 Å². The second-order valence-electron chi connectivity index (χ2n) is 21.1. The Bertz CT molecular complexity index is 2080. The van der Waals surface area contributed by atoms with Crippen molar-refractivity contribution in [3.63, 3.8) is 0 Å². The molecular formula is C56H78Cl2SiZr-4. The van der Waals surface area contributed by atoms with E-state index >= 15 is 0 Å². The van der Waals surface area contributed by atoms with Gasteiger partial charge in [0.15, 0.2) is 0 Å². The molecule has 6 aromatic carbocycles.